The molecule has 4 atom stereocenters. The summed E-state index contributed by atoms with van der Waals surface area (Å²) in [6, 6.07) is 0. The van der Waals surface area contributed by atoms with Crippen molar-refractivity contribution in [3.63, 3.8) is 0 Å². The van der Waals surface area contributed by atoms with Crippen molar-refractivity contribution in [1.29, 1.82) is 0 Å². The zero-order valence-electron chi connectivity index (χ0n) is 8.69. The Morgan fingerprint density at radius 2 is 1.79 bits per heavy atom. The van der Waals surface area contributed by atoms with Crippen molar-refractivity contribution in [3.05, 3.63) is 6.92 Å². The molecule has 0 amide bonds. The Morgan fingerprint density at radius 3 is 2.07 bits per heavy atom. The lowest BCUT2D eigenvalue weighted by Crippen LogP contribution is -2.28. The molecule has 0 bridgehead atoms. The van der Waals surface area contributed by atoms with E-state index in [9.17, 15) is 9.59 Å². The molecule has 1 saturated carbocycles. The molecule has 1 unspecified atom stereocenters. The lowest BCUT2D eigenvalue weighted by atomic mass is 9.86. The fourth-order valence-electron chi connectivity index (χ4n) is 2.40. The highest BCUT2D eigenvalue weighted by Crippen LogP contribution is 2.41. The second-order valence-electron chi connectivity index (χ2n) is 4.15. The van der Waals surface area contributed by atoms with Crippen LogP contribution in [0.4, 0.5) is 0 Å². The number of hydrogen-bond acceptors (Lipinski definition) is 3. The minimum atomic E-state index is -0.244. The molecule has 1 rings (SSSR count). The molecule has 78 valence electrons. The van der Waals surface area contributed by atoms with E-state index in [0.29, 0.717) is 13.0 Å². The molecule has 14 heavy (non-hydrogen) atoms. The molecular formula is C11H17NO2. The molecule has 1 aliphatic carbocycles. The molecule has 2 N–H and O–H groups in total. The lowest BCUT2D eigenvalue weighted by molar-refractivity contribution is -0.122. The van der Waals surface area contributed by atoms with Crippen LogP contribution in [0, 0.1) is 30.6 Å². The summed E-state index contributed by atoms with van der Waals surface area (Å²) in [6.45, 7) is 9.37. The Kier molecular flexibility index (Phi) is 3.43. The molecule has 0 aromatic rings. The van der Waals surface area contributed by atoms with Crippen molar-refractivity contribution < 1.29 is 9.59 Å². The van der Waals surface area contributed by atoms with Gasteiger partial charge in [-0.3, -0.25) is 9.59 Å². The number of ketones is 2. The van der Waals surface area contributed by atoms with Crippen LogP contribution in [0.25, 0.3) is 0 Å². The van der Waals surface area contributed by atoms with Crippen LogP contribution in [-0.2, 0) is 9.59 Å². The van der Waals surface area contributed by atoms with Crippen LogP contribution in [0.5, 0.6) is 0 Å². The highest BCUT2D eigenvalue weighted by molar-refractivity contribution is 5.83. The molecule has 0 aromatic heterocycles. The third-order valence-corrected chi connectivity index (χ3v) is 3.30. The fraction of sp³-hybridized carbons (Fsp3) is 0.727. The van der Waals surface area contributed by atoms with Crippen molar-refractivity contribution >= 4 is 11.6 Å². The minimum Gasteiger partial charge on any atom is -0.330 e. The standard InChI is InChI=1S/C11H17NO2/c1-6-9(7(2)13)4-10(8(3)14)11(6)5-12/h1,6,9-11H,4-5,12H2,2-3H3/t6?,9-,10-,11+/m0/s1. The third-order valence-electron chi connectivity index (χ3n) is 3.30. The van der Waals surface area contributed by atoms with Crippen molar-refractivity contribution in [1.82, 2.24) is 0 Å². The summed E-state index contributed by atoms with van der Waals surface area (Å²) in [4.78, 5) is 22.6. The fourth-order valence-corrected chi connectivity index (χ4v) is 2.40. The van der Waals surface area contributed by atoms with Crippen LogP contribution in [0.2, 0.25) is 0 Å². The van der Waals surface area contributed by atoms with E-state index in [-0.39, 0.29) is 35.2 Å². The minimum absolute atomic E-state index is 0.0265. The normalized spacial score (nSPS) is 37.1. The predicted molar refractivity (Wildman–Crippen MR) is 53.3 cm³/mol. The van der Waals surface area contributed by atoms with Gasteiger partial charge in [0.25, 0.3) is 0 Å². The summed E-state index contributed by atoms with van der Waals surface area (Å²) in [7, 11) is 0. The quantitative estimate of drug-likeness (QED) is 0.721. The van der Waals surface area contributed by atoms with E-state index in [1.54, 1.807) is 6.92 Å². The third kappa shape index (κ3) is 1.87. The van der Waals surface area contributed by atoms with E-state index in [1.165, 1.54) is 6.92 Å². The van der Waals surface area contributed by atoms with Crippen LogP contribution in [-0.4, -0.2) is 18.1 Å². The van der Waals surface area contributed by atoms with Gasteiger partial charge in [-0.2, -0.15) is 0 Å². The predicted octanol–water partition coefficient (Wildman–Crippen LogP) is 0.703. The highest BCUT2D eigenvalue weighted by atomic mass is 16.1. The van der Waals surface area contributed by atoms with E-state index in [2.05, 4.69) is 0 Å². The number of carbonyl (C=O) groups excluding carboxylic acids is 2. The monoisotopic (exact) mass is 195 g/mol. The maximum atomic E-state index is 11.3. The molecule has 1 fully saturated rings. The summed E-state index contributed by atoms with van der Waals surface area (Å²) in [5, 5.41) is 0. The molecule has 2 radical (unpaired) electrons. The summed E-state index contributed by atoms with van der Waals surface area (Å²) >= 11 is 0. The van der Waals surface area contributed by atoms with Gasteiger partial charge in [-0.05, 0) is 45.6 Å². The molecule has 0 spiro atoms. The summed E-state index contributed by atoms with van der Waals surface area (Å²) < 4.78 is 0. The van der Waals surface area contributed by atoms with Gasteiger partial charge < -0.3 is 5.73 Å². The van der Waals surface area contributed by atoms with E-state index in [0.717, 1.165) is 0 Å². The first-order valence-corrected chi connectivity index (χ1v) is 4.95. The lowest BCUT2D eigenvalue weighted by Gasteiger charge is -2.19. The molecule has 3 nitrogen and oxygen atoms in total. The van der Waals surface area contributed by atoms with Crippen LogP contribution >= 0.6 is 0 Å². The van der Waals surface area contributed by atoms with Gasteiger partial charge in [0.1, 0.15) is 11.6 Å². The molecule has 0 saturated heterocycles. The average molecular weight is 195 g/mol. The SMILES string of the molecule is [CH]C1[C@@H](C(C)=O)C[C@@H](C(C)=O)[C@@H]1CN. The van der Waals surface area contributed by atoms with Gasteiger partial charge in [0.15, 0.2) is 0 Å². The molecule has 0 heterocycles. The maximum Gasteiger partial charge on any atom is 0.133 e. The summed E-state index contributed by atoms with van der Waals surface area (Å²) in [6.07, 6.45) is 0.577. The Morgan fingerprint density at radius 1 is 1.29 bits per heavy atom. The Balaban J connectivity index is 2.83. The second-order valence-corrected chi connectivity index (χ2v) is 4.15. The van der Waals surface area contributed by atoms with E-state index in [1.807, 2.05) is 0 Å². The number of hydrogen-bond donors (Lipinski definition) is 1. The van der Waals surface area contributed by atoms with Gasteiger partial charge >= 0.3 is 0 Å². The summed E-state index contributed by atoms with van der Waals surface area (Å²) in [5.74, 6) is -0.409. The van der Waals surface area contributed by atoms with E-state index >= 15 is 0 Å². The maximum absolute atomic E-state index is 11.3. The van der Waals surface area contributed by atoms with Crippen LogP contribution in [0.3, 0.4) is 0 Å². The van der Waals surface area contributed by atoms with Crippen molar-refractivity contribution in [3.8, 4) is 0 Å². The molecule has 1 aliphatic rings. The number of nitrogens with two attached hydrogens (primary N) is 1. The van der Waals surface area contributed by atoms with Crippen LogP contribution in [0.1, 0.15) is 20.3 Å². The summed E-state index contributed by atoms with van der Waals surface area (Å²) in [5.41, 5.74) is 5.57. The molecular weight excluding hydrogens is 178 g/mol. The molecule has 3 heteroatoms. The Labute approximate surface area is 85.0 Å². The van der Waals surface area contributed by atoms with Gasteiger partial charge in [0.05, 0.1) is 0 Å². The molecule has 0 aromatic carbocycles. The van der Waals surface area contributed by atoms with Crippen molar-refractivity contribution in [2.75, 3.05) is 6.54 Å². The Bertz CT molecular complexity index is 250. The zero-order valence-corrected chi connectivity index (χ0v) is 8.69. The van der Waals surface area contributed by atoms with Crippen LogP contribution < -0.4 is 5.73 Å². The number of carbonyl (C=O) groups is 2. The second kappa shape index (κ2) is 4.22. The van der Waals surface area contributed by atoms with Gasteiger partial charge in [-0.15, -0.1) is 0 Å². The zero-order chi connectivity index (χ0) is 10.9. The van der Waals surface area contributed by atoms with Gasteiger partial charge in [0, 0.05) is 11.8 Å². The molecule has 0 aliphatic heterocycles. The van der Waals surface area contributed by atoms with E-state index < -0.39 is 0 Å². The number of Topliss-reactive ketones (excluding diaryl/α,β-unsaturated/α-hetero) is 2. The Hall–Kier alpha value is -0.700. The van der Waals surface area contributed by atoms with Crippen molar-refractivity contribution in [2.24, 2.45) is 29.4 Å². The first-order chi connectivity index (χ1) is 6.49. The first kappa shape index (κ1) is 11.4. The first-order valence-electron chi connectivity index (χ1n) is 4.95. The largest absolute Gasteiger partial charge is 0.330 e. The smallest absolute Gasteiger partial charge is 0.133 e. The van der Waals surface area contributed by atoms with Crippen LogP contribution in [0.15, 0.2) is 0 Å². The number of rotatable bonds is 3. The highest BCUT2D eigenvalue weighted by Gasteiger charge is 2.43. The van der Waals surface area contributed by atoms with Crippen molar-refractivity contribution in [2.45, 2.75) is 20.3 Å². The van der Waals surface area contributed by atoms with E-state index in [4.69, 9.17) is 12.7 Å². The topological polar surface area (TPSA) is 60.2 Å². The van der Waals surface area contributed by atoms with Gasteiger partial charge in [-0.1, -0.05) is 0 Å². The average Bonchev–Trinajstić information content (AvgIpc) is 2.42. The van der Waals surface area contributed by atoms with Gasteiger partial charge in [0.2, 0.25) is 0 Å². The van der Waals surface area contributed by atoms with Gasteiger partial charge in [-0.25, -0.2) is 0 Å².